The Morgan fingerprint density at radius 1 is 1.13 bits per heavy atom. The Hall–Kier alpha value is -1.40. The summed E-state index contributed by atoms with van der Waals surface area (Å²) in [6.07, 6.45) is 0.351. The van der Waals surface area contributed by atoms with Crippen LogP contribution in [-0.4, -0.2) is 60.4 Å². The van der Waals surface area contributed by atoms with E-state index >= 15 is 0 Å². The normalized spacial score (nSPS) is 15.7. The van der Waals surface area contributed by atoms with Crippen LogP contribution in [0, 0.1) is 0 Å². The monoisotopic (exact) mass is 381 g/mol. The number of amides is 2. The molecule has 0 saturated carbocycles. The second-order valence-corrected chi connectivity index (χ2v) is 6.94. The molecule has 0 unspecified atom stereocenters. The largest absolute Gasteiger partial charge is 0.352 e. The highest BCUT2D eigenvalue weighted by Gasteiger charge is 2.22. The van der Waals surface area contributed by atoms with Gasteiger partial charge in [-0.1, -0.05) is 15.9 Å². The third-order valence-electron chi connectivity index (χ3n) is 4.13. The minimum Gasteiger partial charge on any atom is -0.352 e. The molecule has 1 fully saturated rings. The third kappa shape index (κ3) is 5.32. The molecular weight excluding hydrogens is 358 g/mol. The molecular formula is C17H24BrN3O2. The van der Waals surface area contributed by atoms with Gasteiger partial charge in [0.15, 0.2) is 0 Å². The molecule has 1 heterocycles. The molecule has 1 saturated heterocycles. The van der Waals surface area contributed by atoms with Gasteiger partial charge in [-0.15, -0.1) is 0 Å². The number of nitrogens with zero attached hydrogens (tertiary/aromatic N) is 2. The van der Waals surface area contributed by atoms with Gasteiger partial charge in [0.2, 0.25) is 5.91 Å². The number of rotatable bonds is 5. The highest BCUT2D eigenvalue weighted by molar-refractivity contribution is 9.10. The topological polar surface area (TPSA) is 52.6 Å². The average Bonchev–Trinajstić information content (AvgIpc) is 2.55. The van der Waals surface area contributed by atoms with E-state index in [9.17, 15) is 9.59 Å². The number of piperazine rings is 1. The number of hydrogen-bond donors (Lipinski definition) is 1. The smallest absolute Gasteiger partial charge is 0.251 e. The number of nitrogens with one attached hydrogen (secondary N) is 1. The molecule has 0 bridgehead atoms. The van der Waals surface area contributed by atoms with E-state index in [0.29, 0.717) is 24.6 Å². The van der Waals surface area contributed by atoms with Crippen LogP contribution >= 0.6 is 15.9 Å². The lowest BCUT2D eigenvalue weighted by Gasteiger charge is -2.37. The zero-order valence-corrected chi connectivity index (χ0v) is 15.3. The van der Waals surface area contributed by atoms with Crippen LogP contribution in [-0.2, 0) is 4.79 Å². The molecule has 126 valence electrons. The molecule has 1 N–H and O–H groups in total. The summed E-state index contributed by atoms with van der Waals surface area (Å²) < 4.78 is 0.935. The summed E-state index contributed by atoms with van der Waals surface area (Å²) in [7, 11) is 0. The molecule has 0 radical (unpaired) electrons. The first-order chi connectivity index (χ1) is 11.0. The van der Waals surface area contributed by atoms with Crippen LogP contribution in [0.3, 0.4) is 0 Å². The maximum atomic E-state index is 12.2. The number of carbonyl (C=O) groups excluding carboxylic acids is 2. The standard InChI is InChI=1S/C17H24BrN3O2/c1-13(2)20-9-11-21(12-10-20)16(22)7-8-19-17(23)14-3-5-15(18)6-4-14/h3-6,13H,7-12H2,1-2H3,(H,19,23). The van der Waals surface area contributed by atoms with E-state index in [1.54, 1.807) is 12.1 Å². The fourth-order valence-corrected chi connectivity index (χ4v) is 2.90. The molecule has 0 aliphatic carbocycles. The first-order valence-corrected chi connectivity index (χ1v) is 8.82. The quantitative estimate of drug-likeness (QED) is 0.849. The lowest BCUT2D eigenvalue weighted by molar-refractivity contribution is -0.133. The van der Waals surface area contributed by atoms with Gasteiger partial charge in [0.25, 0.3) is 5.91 Å². The van der Waals surface area contributed by atoms with E-state index in [1.165, 1.54) is 0 Å². The summed E-state index contributed by atoms with van der Waals surface area (Å²) in [4.78, 5) is 28.4. The molecule has 2 amide bonds. The van der Waals surface area contributed by atoms with Crippen molar-refractivity contribution in [2.45, 2.75) is 26.3 Å². The summed E-state index contributed by atoms with van der Waals surface area (Å²) in [5.74, 6) is -0.0283. The molecule has 1 aliphatic rings. The summed E-state index contributed by atoms with van der Waals surface area (Å²) >= 11 is 3.34. The van der Waals surface area contributed by atoms with E-state index in [4.69, 9.17) is 0 Å². The molecule has 0 aromatic heterocycles. The number of halogens is 1. The third-order valence-corrected chi connectivity index (χ3v) is 4.66. The first-order valence-electron chi connectivity index (χ1n) is 8.03. The van der Waals surface area contributed by atoms with Gasteiger partial charge < -0.3 is 10.2 Å². The average molecular weight is 382 g/mol. The Morgan fingerprint density at radius 3 is 2.30 bits per heavy atom. The van der Waals surface area contributed by atoms with Crippen LogP contribution in [0.2, 0.25) is 0 Å². The van der Waals surface area contributed by atoms with Crippen molar-refractivity contribution in [3.05, 3.63) is 34.3 Å². The van der Waals surface area contributed by atoms with Crippen LogP contribution < -0.4 is 5.32 Å². The van der Waals surface area contributed by atoms with Gasteiger partial charge in [0.1, 0.15) is 0 Å². The summed E-state index contributed by atoms with van der Waals surface area (Å²) in [5, 5.41) is 2.80. The number of carbonyl (C=O) groups is 2. The van der Waals surface area contributed by atoms with Crippen molar-refractivity contribution in [1.29, 1.82) is 0 Å². The fraction of sp³-hybridized carbons (Fsp3) is 0.529. The summed E-state index contributed by atoms with van der Waals surface area (Å²) in [6.45, 7) is 8.13. The fourth-order valence-electron chi connectivity index (χ4n) is 2.63. The van der Waals surface area contributed by atoms with Gasteiger partial charge in [-0.2, -0.15) is 0 Å². The Morgan fingerprint density at radius 2 is 1.74 bits per heavy atom. The second kappa shape index (κ2) is 8.45. The minimum absolute atomic E-state index is 0.115. The summed E-state index contributed by atoms with van der Waals surface area (Å²) in [5.41, 5.74) is 0.603. The van der Waals surface area contributed by atoms with Crippen molar-refractivity contribution >= 4 is 27.7 Å². The van der Waals surface area contributed by atoms with E-state index in [1.807, 2.05) is 17.0 Å². The zero-order valence-electron chi connectivity index (χ0n) is 13.7. The molecule has 6 heteroatoms. The highest BCUT2D eigenvalue weighted by Crippen LogP contribution is 2.10. The van der Waals surface area contributed by atoms with Crippen molar-refractivity contribution in [3.63, 3.8) is 0 Å². The predicted molar refractivity (Wildman–Crippen MR) is 94.4 cm³/mol. The molecule has 1 aliphatic heterocycles. The molecule has 5 nitrogen and oxygen atoms in total. The Kier molecular flexibility index (Phi) is 6.59. The maximum Gasteiger partial charge on any atom is 0.251 e. The van der Waals surface area contributed by atoms with Crippen molar-refractivity contribution in [3.8, 4) is 0 Å². The van der Waals surface area contributed by atoms with Crippen LogP contribution in [0.15, 0.2) is 28.7 Å². The molecule has 0 spiro atoms. The van der Waals surface area contributed by atoms with Crippen molar-refractivity contribution in [2.24, 2.45) is 0 Å². The Labute approximate surface area is 146 Å². The minimum atomic E-state index is -0.144. The van der Waals surface area contributed by atoms with Gasteiger partial charge in [0.05, 0.1) is 0 Å². The van der Waals surface area contributed by atoms with E-state index < -0.39 is 0 Å². The predicted octanol–water partition coefficient (Wildman–Crippen LogP) is 2.12. The SMILES string of the molecule is CC(C)N1CCN(C(=O)CCNC(=O)c2ccc(Br)cc2)CC1. The van der Waals surface area contributed by atoms with Crippen molar-refractivity contribution in [2.75, 3.05) is 32.7 Å². The van der Waals surface area contributed by atoms with Gasteiger partial charge >= 0.3 is 0 Å². The highest BCUT2D eigenvalue weighted by atomic mass is 79.9. The van der Waals surface area contributed by atoms with E-state index in [-0.39, 0.29) is 11.8 Å². The molecule has 0 atom stereocenters. The molecule has 1 aromatic rings. The number of benzene rings is 1. The van der Waals surface area contributed by atoms with Crippen LogP contribution in [0.5, 0.6) is 0 Å². The zero-order chi connectivity index (χ0) is 16.8. The lowest BCUT2D eigenvalue weighted by atomic mass is 10.2. The molecule has 23 heavy (non-hydrogen) atoms. The van der Waals surface area contributed by atoms with Gasteiger partial charge in [-0.3, -0.25) is 14.5 Å². The van der Waals surface area contributed by atoms with E-state index in [2.05, 4.69) is 40.0 Å². The maximum absolute atomic E-state index is 12.2. The first kappa shape index (κ1) is 17.9. The van der Waals surface area contributed by atoms with Gasteiger partial charge in [-0.25, -0.2) is 0 Å². The lowest BCUT2D eigenvalue weighted by Crippen LogP contribution is -2.51. The second-order valence-electron chi connectivity index (χ2n) is 6.02. The van der Waals surface area contributed by atoms with E-state index in [0.717, 1.165) is 30.7 Å². The number of hydrogen-bond acceptors (Lipinski definition) is 3. The summed E-state index contributed by atoms with van der Waals surface area (Å²) in [6, 6.07) is 7.69. The van der Waals surface area contributed by atoms with Gasteiger partial charge in [0, 0.05) is 55.2 Å². The van der Waals surface area contributed by atoms with Gasteiger partial charge in [-0.05, 0) is 38.1 Å². The van der Waals surface area contributed by atoms with Crippen LogP contribution in [0.4, 0.5) is 0 Å². The van der Waals surface area contributed by atoms with Crippen molar-refractivity contribution in [1.82, 2.24) is 15.1 Å². The van der Waals surface area contributed by atoms with Crippen LogP contribution in [0.1, 0.15) is 30.6 Å². The van der Waals surface area contributed by atoms with Crippen LogP contribution in [0.25, 0.3) is 0 Å². The molecule has 1 aromatic carbocycles. The molecule has 2 rings (SSSR count). The van der Waals surface area contributed by atoms with Crippen molar-refractivity contribution < 1.29 is 9.59 Å². The Balaban J connectivity index is 1.71. The Bertz CT molecular complexity index is 537.